The standard InChI is InChI=1S/C19H18BrNO3S/c1-13-3-9-17(10-4-13)25(23,24)21-11-14(2)18(12-22)19(21)15-5-7-16(20)8-6-15/h3-10,12,19H,11H2,1-2H3/t19-/m1/s1. The Morgan fingerprint density at radius 3 is 2.20 bits per heavy atom. The Morgan fingerprint density at radius 2 is 1.64 bits per heavy atom. The van der Waals surface area contributed by atoms with Crippen LogP contribution in [0.2, 0.25) is 0 Å². The van der Waals surface area contributed by atoms with Gasteiger partial charge >= 0.3 is 0 Å². The first-order valence-electron chi connectivity index (χ1n) is 7.83. The van der Waals surface area contributed by atoms with E-state index in [0.29, 0.717) is 5.57 Å². The third kappa shape index (κ3) is 3.34. The maximum absolute atomic E-state index is 13.2. The highest BCUT2D eigenvalue weighted by Gasteiger charge is 2.40. The van der Waals surface area contributed by atoms with E-state index < -0.39 is 16.1 Å². The third-order valence-electron chi connectivity index (χ3n) is 4.41. The summed E-state index contributed by atoms with van der Waals surface area (Å²) in [6, 6.07) is 13.6. The van der Waals surface area contributed by atoms with E-state index in [1.165, 1.54) is 4.31 Å². The minimum atomic E-state index is -3.72. The molecule has 0 radical (unpaired) electrons. The van der Waals surface area contributed by atoms with E-state index in [9.17, 15) is 13.2 Å². The Balaban J connectivity index is 2.09. The van der Waals surface area contributed by atoms with Crippen LogP contribution < -0.4 is 0 Å². The van der Waals surface area contributed by atoms with Crippen LogP contribution in [0.15, 0.2) is 69.0 Å². The number of aryl methyl sites for hydroxylation is 1. The van der Waals surface area contributed by atoms with Gasteiger partial charge in [0.25, 0.3) is 0 Å². The maximum Gasteiger partial charge on any atom is 0.244 e. The molecule has 2 aromatic rings. The summed E-state index contributed by atoms with van der Waals surface area (Å²) in [6.07, 6.45) is 0.771. The second-order valence-corrected chi connectivity index (χ2v) is 8.98. The predicted octanol–water partition coefficient (Wildman–Crippen LogP) is 4.02. The summed E-state index contributed by atoms with van der Waals surface area (Å²) in [7, 11) is -3.72. The first-order chi connectivity index (χ1) is 11.8. The van der Waals surface area contributed by atoms with Crippen molar-refractivity contribution in [3.63, 3.8) is 0 Å². The fourth-order valence-electron chi connectivity index (χ4n) is 3.03. The number of aldehydes is 1. The summed E-state index contributed by atoms with van der Waals surface area (Å²) in [5.74, 6) is 0. The molecule has 0 saturated carbocycles. The number of nitrogens with zero attached hydrogens (tertiary/aromatic N) is 1. The Kier molecular flexibility index (Phi) is 4.95. The van der Waals surface area contributed by atoms with Crippen molar-refractivity contribution in [2.75, 3.05) is 6.54 Å². The number of halogens is 1. The number of hydrogen-bond donors (Lipinski definition) is 0. The van der Waals surface area contributed by atoms with Gasteiger partial charge in [0.2, 0.25) is 10.0 Å². The lowest BCUT2D eigenvalue weighted by molar-refractivity contribution is -0.105. The summed E-state index contributed by atoms with van der Waals surface area (Å²) in [4.78, 5) is 11.9. The first kappa shape index (κ1) is 18.0. The highest BCUT2D eigenvalue weighted by Crippen LogP contribution is 2.39. The van der Waals surface area contributed by atoms with Crippen LogP contribution in [-0.4, -0.2) is 25.6 Å². The molecule has 25 heavy (non-hydrogen) atoms. The summed E-state index contributed by atoms with van der Waals surface area (Å²) >= 11 is 3.38. The Bertz CT molecular complexity index is 932. The zero-order valence-corrected chi connectivity index (χ0v) is 16.3. The van der Waals surface area contributed by atoms with Crippen LogP contribution in [0.4, 0.5) is 0 Å². The van der Waals surface area contributed by atoms with E-state index in [1.54, 1.807) is 31.2 Å². The molecule has 6 heteroatoms. The number of rotatable bonds is 4. The van der Waals surface area contributed by atoms with Gasteiger partial charge in [-0.2, -0.15) is 4.31 Å². The van der Waals surface area contributed by atoms with Crippen molar-refractivity contribution in [2.45, 2.75) is 24.8 Å². The van der Waals surface area contributed by atoms with Gasteiger partial charge in [0.15, 0.2) is 0 Å². The molecule has 0 bridgehead atoms. The van der Waals surface area contributed by atoms with Crippen LogP contribution in [0.25, 0.3) is 0 Å². The molecule has 1 aliphatic heterocycles. The summed E-state index contributed by atoms with van der Waals surface area (Å²) in [5.41, 5.74) is 3.06. The van der Waals surface area contributed by atoms with E-state index in [1.807, 2.05) is 31.2 Å². The zero-order valence-electron chi connectivity index (χ0n) is 13.9. The molecule has 1 atom stereocenters. The fraction of sp³-hybridized carbons (Fsp3) is 0.211. The van der Waals surface area contributed by atoms with Gasteiger partial charge in [-0.15, -0.1) is 0 Å². The Morgan fingerprint density at radius 1 is 1.04 bits per heavy atom. The normalized spacial score (nSPS) is 18.6. The molecule has 0 aliphatic carbocycles. The molecule has 0 fully saturated rings. The fourth-order valence-corrected chi connectivity index (χ4v) is 4.92. The minimum Gasteiger partial charge on any atom is -0.298 e. The van der Waals surface area contributed by atoms with Crippen molar-refractivity contribution in [1.82, 2.24) is 4.31 Å². The van der Waals surface area contributed by atoms with Crippen molar-refractivity contribution < 1.29 is 13.2 Å². The third-order valence-corrected chi connectivity index (χ3v) is 6.76. The topological polar surface area (TPSA) is 54.5 Å². The highest BCUT2D eigenvalue weighted by molar-refractivity contribution is 9.10. The molecular weight excluding hydrogens is 402 g/mol. The summed E-state index contributed by atoms with van der Waals surface area (Å²) in [5, 5.41) is 0. The quantitative estimate of drug-likeness (QED) is 0.703. The molecule has 3 rings (SSSR count). The second-order valence-electron chi connectivity index (χ2n) is 6.17. The Hall–Kier alpha value is -1.76. The van der Waals surface area contributed by atoms with Crippen molar-refractivity contribution in [3.8, 4) is 0 Å². The zero-order chi connectivity index (χ0) is 18.2. The number of carbonyl (C=O) groups excluding carboxylic acids is 1. The lowest BCUT2D eigenvalue weighted by Gasteiger charge is -2.26. The lowest BCUT2D eigenvalue weighted by Crippen LogP contribution is -2.32. The van der Waals surface area contributed by atoms with Crippen LogP contribution in [0, 0.1) is 6.92 Å². The maximum atomic E-state index is 13.2. The molecule has 4 nitrogen and oxygen atoms in total. The van der Waals surface area contributed by atoms with Gasteiger partial charge in [0.1, 0.15) is 6.29 Å². The van der Waals surface area contributed by atoms with Crippen molar-refractivity contribution in [3.05, 3.63) is 75.3 Å². The Labute approximate surface area is 156 Å². The van der Waals surface area contributed by atoms with Gasteiger partial charge in [0, 0.05) is 16.6 Å². The smallest absolute Gasteiger partial charge is 0.244 e. The van der Waals surface area contributed by atoms with Gasteiger partial charge in [0.05, 0.1) is 10.9 Å². The van der Waals surface area contributed by atoms with Crippen LogP contribution in [0.1, 0.15) is 24.1 Å². The van der Waals surface area contributed by atoms with E-state index in [0.717, 1.165) is 27.5 Å². The number of sulfonamides is 1. The van der Waals surface area contributed by atoms with Gasteiger partial charge < -0.3 is 0 Å². The number of benzene rings is 2. The van der Waals surface area contributed by atoms with Gasteiger partial charge in [-0.3, -0.25) is 4.79 Å². The molecule has 0 N–H and O–H groups in total. The summed E-state index contributed by atoms with van der Waals surface area (Å²) in [6.45, 7) is 3.93. The van der Waals surface area contributed by atoms with Crippen LogP contribution >= 0.6 is 15.9 Å². The van der Waals surface area contributed by atoms with E-state index in [4.69, 9.17) is 0 Å². The first-order valence-corrected chi connectivity index (χ1v) is 10.1. The lowest BCUT2D eigenvalue weighted by atomic mass is 10.00. The van der Waals surface area contributed by atoms with Crippen LogP contribution in [0.3, 0.4) is 0 Å². The molecule has 0 aromatic heterocycles. The molecule has 1 heterocycles. The van der Waals surface area contributed by atoms with E-state index in [-0.39, 0.29) is 11.4 Å². The van der Waals surface area contributed by atoms with E-state index >= 15 is 0 Å². The van der Waals surface area contributed by atoms with Crippen molar-refractivity contribution in [1.29, 1.82) is 0 Å². The van der Waals surface area contributed by atoms with Gasteiger partial charge in [-0.1, -0.05) is 45.8 Å². The molecular formula is C19H18BrNO3S. The highest BCUT2D eigenvalue weighted by atomic mass is 79.9. The van der Waals surface area contributed by atoms with Gasteiger partial charge in [-0.05, 0) is 49.2 Å². The SMILES string of the molecule is CC1=C(C=O)[C@@H](c2ccc(Br)cc2)N(S(=O)(=O)c2ccc(C)cc2)C1. The molecule has 0 amide bonds. The van der Waals surface area contributed by atoms with Crippen LogP contribution in [-0.2, 0) is 14.8 Å². The average molecular weight is 420 g/mol. The minimum absolute atomic E-state index is 0.213. The van der Waals surface area contributed by atoms with E-state index in [2.05, 4.69) is 15.9 Å². The predicted molar refractivity (Wildman–Crippen MR) is 101 cm³/mol. The van der Waals surface area contributed by atoms with Crippen LogP contribution in [0.5, 0.6) is 0 Å². The van der Waals surface area contributed by atoms with Crippen molar-refractivity contribution in [2.24, 2.45) is 0 Å². The van der Waals surface area contributed by atoms with Crippen molar-refractivity contribution >= 4 is 32.2 Å². The largest absolute Gasteiger partial charge is 0.298 e. The molecule has 0 saturated heterocycles. The summed E-state index contributed by atoms with van der Waals surface area (Å²) < 4.78 is 28.7. The molecule has 2 aromatic carbocycles. The number of hydrogen-bond acceptors (Lipinski definition) is 3. The number of carbonyl (C=O) groups is 1. The molecule has 1 aliphatic rings. The molecule has 130 valence electrons. The average Bonchev–Trinajstić information content (AvgIpc) is 2.93. The monoisotopic (exact) mass is 419 g/mol. The molecule has 0 spiro atoms. The molecule has 0 unspecified atom stereocenters. The van der Waals surface area contributed by atoms with Gasteiger partial charge in [-0.25, -0.2) is 8.42 Å². The second kappa shape index (κ2) is 6.86.